The third-order valence-electron chi connectivity index (χ3n) is 12.0. The Morgan fingerprint density at radius 2 is 1.68 bits per heavy atom. The topological polar surface area (TPSA) is 71.0 Å². The second-order valence-corrected chi connectivity index (χ2v) is 14.1. The van der Waals surface area contributed by atoms with Crippen molar-refractivity contribution in [2.24, 2.45) is 17.3 Å². The van der Waals surface area contributed by atoms with Gasteiger partial charge in [0.05, 0.1) is 18.8 Å². The summed E-state index contributed by atoms with van der Waals surface area (Å²) in [6, 6.07) is 9.72. The summed E-state index contributed by atoms with van der Waals surface area (Å²) in [4.78, 5) is 0. The van der Waals surface area contributed by atoms with E-state index in [-0.39, 0.29) is 11.3 Å². The molecular weight excluding hydrogens is 498 g/mol. The zero-order valence-electron chi connectivity index (χ0n) is 24.4. The minimum atomic E-state index is -0.959. The summed E-state index contributed by atoms with van der Waals surface area (Å²) in [6.45, 7) is 5.39. The van der Waals surface area contributed by atoms with Crippen LogP contribution in [-0.4, -0.2) is 46.5 Å². The Balaban J connectivity index is 1.28. The summed E-state index contributed by atoms with van der Waals surface area (Å²) < 4.78 is 12.2. The number of allylic oxidation sites excluding steroid dienone is 1. The first-order valence-corrected chi connectivity index (χ1v) is 16.0. The van der Waals surface area contributed by atoms with Crippen molar-refractivity contribution in [1.29, 1.82) is 0 Å². The second-order valence-electron chi connectivity index (χ2n) is 14.1. The number of hydrogen-bond donors (Lipinski definition) is 3. The number of rotatable bonds is 3. The van der Waals surface area contributed by atoms with E-state index in [1.807, 2.05) is 6.92 Å². The van der Waals surface area contributed by atoms with Crippen LogP contribution in [-0.2, 0) is 9.47 Å². The Bertz CT molecular complexity index is 1220. The summed E-state index contributed by atoms with van der Waals surface area (Å²) >= 11 is 0. The van der Waals surface area contributed by atoms with Crippen molar-refractivity contribution < 1.29 is 19.7 Å². The van der Waals surface area contributed by atoms with Crippen LogP contribution in [0.5, 0.6) is 0 Å². The third kappa shape index (κ3) is 4.20. The van der Waals surface area contributed by atoms with Gasteiger partial charge in [0.1, 0.15) is 5.60 Å². The van der Waals surface area contributed by atoms with Crippen molar-refractivity contribution >= 4 is 5.69 Å². The van der Waals surface area contributed by atoms with Gasteiger partial charge in [-0.3, -0.25) is 0 Å². The summed E-state index contributed by atoms with van der Waals surface area (Å²) in [6.07, 6.45) is 13.0. The largest absolute Gasteiger partial charge is 0.385 e. The van der Waals surface area contributed by atoms with Gasteiger partial charge in [-0.15, -0.1) is 5.92 Å². The van der Waals surface area contributed by atoms with Gasteiger partial charge < -0.3 is 25.0 Å². The van der Waals surface area contributed by atoms with Gasteiger partial charge in [0.15, 0.2) is 5.79 Å². The number of aliphatic hydroxyl groups is 2. The van der Waals surface area contributed by atoms with E-state index in [0.717, 1.165) is 44.9 Å². The highest BCUT2D eigenvalue weighted by molar-refractivity contribution is 5.50. The van der Waals surface area contributed by atoms with Crippen LogP contribution in [0.4, 0.5) is 5.69 Å². The smallest absolute Gasteiger partial charge is 0.171 e. The molecule has 5 nitrogen and oxygen atoms in total. The van der Waals surface area contributed by atoms with E-state index < -0.39 is 17.0 Å². The molecule has 1 aliphatic heterocycles. The fourth-order valence-electron chi connectivity index (χ4n) is 10.0. The lowest BCUT2D eigenvalue weighted by atomic mass is 9.49. The Kier molecular flexibility index (Phi) is 6.67. The summed E-state index contributed by atoms with van der Waals surface area (Å²) in [5.74, 6) is 6.64. The van der Waals surface area contributed by atoms with E-state index in [1.165, 1.54) is 54.5 Å². The molecule has 216 valence electrons. The maximum atomic E-state index is 12.2. The van der Waals surface area contributed by atoms with Crippen LogP contribution >= 0.6 is 0 Å². The third-order valence-corrected chi connectivity index (χ3v) is 12.0. The minimum absolute atomic E-state index is 0.166. The summed E-state index contributed by atoms with van der Waals surface area (Å²) in [5.41, 5.74) is 3.11. The lowest BCUT2D eigenvalue weighted by Crippen LogP contribution is -2.55. The van der Waals surface area contributed by atoms with Crippen LogP contribution < -0.4 is 5.32 Å². The van der Waals surface area contributed by atoms with Gasteiger partial charge in [-0.2, -0.15) is 0 Å². The van der Waals surface area contributed by atoms with Gasteiger partial charge in [-0.25, -0.2) is 0 Å². The number of ether oxygens (including phenoxy) is 2. The van der Waals surface area contributed by atoms with E-state index in [0.29, 0.717) is 37.5 Å². The molecule has 0 radical (unpaired) electrons. The van der Waals surface area contributed by atoms with Gasteiger partial charge >= 0.3 is 0 Å². The maximum Gasteiger partial charge on any atom is 0.171 e. The van der Waals surface area contributed by atoms with Crippen molar-refractivity contribution in [3.63, 3.8) is 0 Å². The zero-order valence-corrected chi connectivity index (χ0v) is 24.4. The summed E-state index contributed by atoms with van der Waals surface area (Å²) in [7, 11) is 0. The maximum absolute atomic E-state index is 12.2. The highest BCUT2D eigenvalue weighted by Crippen LogP contribution is 2.67. The van der Waals surface area contributed by atoms with Crippen LogP contribution in [0.3, 0.4) is 0 Å². The first-order chi connectivity index (χ1) is 19.3. The first-order valence-electron chi connectivity index (χ1n) is 16.0. The average Bonchev–Trinajstić information content (AvgIpc) is 3.50. The van der Waals surface area contributed by atoms with Crippen molar-refractivity contribution in [3.8, 4) is 11.8 Å². The van der Waals surface area contributed by atoms with Crippen LogP contribution in [0.2, 0.25) is 0 Å². The van der Waals surface area contributed by atoms with Gasteiger partial charge in [-0.1, -0.05) is 49.8 Å². The predicted molar refractivity (Wildman–Crippen MR) is 157 cm³/mol. The van der Waals surface area contributed by atoms with Crippen LogP contribution in [0, 0.1) is 29.1 Å². The van der Waals surface area contributed by atoms with Gasteiger partial charge in [0.2, 0.25) is 0 Å². The van der Waals surface area contributed by atoms with E-state index in [9.17, 15) is 10.2 Å². The molecule has 0 bridgehead atoms. The van der Waals surface area contributed by atoms with E-state index >= 15 is 0 Å². The Labute approximate surface area is 240 Å². The molecule has 5 aliphatic carbocycles. The molecule has 1 spiro atoms. The second kappa shape index (κ2) is 9.87. The van der Waals surface area contributed by atoms with Crippen molar-refractivity contribution in [3.05, 3.63) is 41.0 Å². The van der Waals surface area contributed by atoms with Crippen LogP contribution in [0.1, 0.15) is 109 Å². The molecule has 3 N–H and O–H groups in total. The first kappa shape index (κ1) is 27.0. The van der Waals surface area contributed by atoms with Crippen molar-refractivity contribution in [2.45, 2.75) is 126 Å². The Hall–Kier alpha value is -1.84. The zero-order chi connectivity index (χ0) is 27.6. The van der Waals surface area contributed by atoms with Gasteiger partial charge in [0, 0.05) is 35.9 Å². The van der Waals surface area contributed by atoms with E-state index in [4.69, 9.17) is 9.47 Å². The number of fused-ring (bicyclic) bond motifs is 4. The molecule has 6 atom stereocenters. The minimum Gasteiger partial charge on any atom is -0.385 e. The molecule has 4 saturated carbocycles. The highest BCUT2D eigenvalue weighted by Gasteiger charge is 2.64. The molecule has 1 aromatic rings. The van der Waals surface area contributed by atoms with Gasteiger partial charge in [-0.05, 0) is 93.4 Å². The van der Waals surface area contributed by atoms with Crippen LogP contribution in [0.25, 0.3) is 0 Å². The van der Waals surface area contributed by atoms with E-state index in [1.54, 1.807) is 0 Å². The lowest BCUT2D eigenvalue weighted by molar-refractivity contribution is -0.208. The number of benzene rings is 1. The molecule has 5 heteroatoms. The fraction of sp³-hybridized carbons (Fsp3) is 0.714. The Morgan fingerprint density at radius 1 is 0.925 bits per heavy atom. The molecule has 0 amide bonds. The Morgan fingerprint density at radius 3 is 2.40 bits per heavy atom. The molecule has 1 aromatic carbocycles. The summed E-state index contributed by atoms with van der Waals surface area (Å²) in [5, 5.41) is 28.0. The average molecular weight is 546 g/mol. The monoisotopic (exact) mass is 545 g/mol. The molecule has 5 fully saturated rings. The molecule has 1 saturated heterocycles. The van der Waals surface area contributed by atoms with Gasteiger partial charge in [0.25, 0.3) is 0 Å². The molecule has 1 heterocycles. The lowest BCUT2D eigenvalue weighted by Gasteiger charge is -2.57. The molecule has 6 unspecified atom stereocenters. The molecular formula is C35H47NO4. The molecule has 6 aliphatic rings. The molecule has 7 rings (SSSR count). The fourth-order valence-corrected chi connectivity index (χ4v) is 10.0. The molecule has 40 heavy (non-hydrogen) atoms. The van der Waals surface area contributed by atoms with E-state index in [2.05, 4.69) is 48.3 Å². The predicted octanol–water partition coefficient (Wildman–Crippen LogP) is 6.45. The SMILES string of the molecule is CC#CC1(O)CCC2C3CCC4(O)CC5(CCC4=C3C(c3ccc(NC4CCCCC4)cc3)CC21C)OCCO5. The highest BCUT2D eigenvalue weighted by atomic mass is 16.7. The number of anilines is 1. The van der Waals surface area contributed by atoms with Crippen LogP contribution in [0.15, 0.2) is 35.4 Å². The van der Waals surface area contributed by atoms with Crippen molar-refractivity contribution in [2.75, 3.05) is 18.5 Å². The number of nitrogens with one attached hydrogen (secondary N) is 1. The normalized spacial score (nSPS) is 40.6. The standard InChI is InChI=1S/C35H47NO4/c1-3-16-34(38)18-14-29-27-13-17-33(37)23-35(39-20-21-40-35)19-15-30(33)31(27)28(22-32(29,34)2)24-9-11-26(12-10-24)36-25-7-5-4-6-8-25/h9-12,25,27-29,36-38H,4-8,13-15,17-23H2,1-2H3. The number of hydrogen-bond acceptors (Lipinski definition) is 5. The molecule has 0 aromatic heterocycles. The van der Waals surface area contributed by atoms with Crippen molar-refractivity contribution in [1.82, 2.24) is 0 Å². The quantitative estimate of drug-likeness (QED) is 0.301.